The molecule has 0 heterocycles. The Kier molecular flexibility index (Phi) is 4.31. The summed E-state index contributed by atoms with van der Waals surface area (Å²) in [7, 11) is 0. The first-order chi connectivity index (χ1) is 7.54. The molecule has 1 unspecified atom stereocenters. The summed E-state index contributed by atoms with van der Waals surface area (Å²) < 4.78 is 0. The van der Waals surface area contributed by atoms with E-state index in [2.05, 4.69) is 5.32 Å². The smallest absolute Gasteiger partial charge is 0.326 e. The third kappa shape index (κ3) is 3.24. The van der Waals surface area contributed by atoms with Crippen molar-refractivity contribution in [2.75, 3.05) is 5.32 Å². The van der Waals surface area contributed by atoms with Crippen molar-refractivity contribution in [2.24, 2.45) is 11.7 Å². The Morgan fingerprint density at radius 3 is 2.31 bits per heavy atom. The fourth-order valence-corrected chi connectivity index (χ4v) is 1.43. The van der Waals surface area contributed by atoms with E-state index in [0.717, 1.165) is 11.3 Å². The zero-order valence-electron chi connectivity index (χ0n) is 9.60. The van der Waals surface area contributed by atoms with Gasteiger partial charge in [0.25, 0.3) is 0 Å². The molecule has 0 saturated heterocycles. The van der Waals surface area contributed by atoms with Crippen molar-refractivity contribution in [3.8, 4) is 0 Å². The average Bonchev–Trinajstić information content (AvgIpc) is 2.25. The van der Waals surface area contributed by atoms with Crippen molar-refractivity contribution in [1.82, 2.24) is 0 Å². The van der Waals surface area contributed by atoms with Gasteiger partial charge in [0.1, 0.15) is 6.04 Å². The van der Waals surface area contributed by atoms with Gasteiger partial charge in [-0.2, -0.15) is 0 Å². The van der Waals surface area contributed by atoms with Crippen LogP contribution < -0.4 is 11.1 Å². The fraction of sp³-hybridized carbons (Fsp3) is 0.417. The van der Waals surface area contributed by atoms with Gasteiger partial charge in [0, 0.05) is 12.2 Å². The van der Waals surface area contributed by atoms with Gasteiger partial charge >= 0.3 is 5.97 Å². The highest BCUT2D eigenvalue weighted by Gasteiger charge is 2.20. The zero-order valence-corrected chi connectivity index (χ0v) is 9.60. The molecule has 4 nitrogen and oxygen atoms in total. The third-order valence-corrected chi connectivity index (χ3v) is 2.44. The molecular formula is C12H18N2O2. The van der Waals surface area contributed by atoms with Crippen LogP contribution in [0.25, 0.3) is 0 Å². The van der Waals surface area contributed by atoms with Crippen molar-refractivity contribution in [3.63, 3.8) is 0 Å². The lowest BCUT2D eigenvalue weighted by Gasteiger charge is -2.19. The Labute approximate surface area is 95.5 Å². The monoisotopic (exact) mass is 222 g/mol. The quantitative estimate of drug-likeness (QED) is 0.708. The van der Waals surface area contributed by atoms with Crippen LogP contribution in [0.5, 0.6) is 0 Å². The second-order valence-electron chi connectivity index (χ2n) is 4.11. The van der Waals surface area contributed by atoms with Crippen molar-refractivity contribution < 1.29 is 9.90 Å². The number of carbonyl (C=O) groups is 1. The predicted molar refractivity (Wildman–Crippen MR) is 64.2 cm³/mol. The maximum absolute atomic E-state index is 11.0. The summed E-state index contributed by atoms with van der Waals surface area (Å²) in [5.41, 5.74) is 7.32. The molecule has 0 bridgehead atoms. The Bertz CT molecular complexity index is 347. The minimum Gasteiger partial charge on any atom is -0.480 e. The van der Waals surface area contributed by atoms with Crippen LogP contribution in [0.15, 0.2) is 24.3 Å². The molecule has 0 fully saturated rings. The summed E-state index contributed by atoms with van der Waals surface area (Å²) >= 11 is 0. The summed E-state index contributed by atoms with van der Waals surface area (Å²) in [5.74, 6) is -0.801. The molecular weight excluding hydrogens is 204 g/mol. The first-order valence-corrected chi connectivity index (χ1v) is 5.33. The predicted octanol–water partition coefficient (Wildman–Crippen LogP) is 1.67. The molecule has 0 aromatic heterocycles. The standard InChI is InChI=1S/C12H18N2O2/c1-8(2)11(12(15)16)14-10-5-3-9(7-13)4-6-10/h3-6,8,11,14H,7,13H2,1-2H3,(H,15,16). The van der Waals surface area contributed by atoms with Crippen LogP contribution >= 0.6 is 0 Å². The summed E-state index contributed by atoms with van der Waals surface area (Å²) in [4.78, 5) is 11.0. The van der Waals surface area contributed by atoms with Crippen molar-refractivity contribution in [3.05, 3.63) is 29.8 Å². The Morgan fingerprint density at radius 1 is 1.38 bits per heavy atom. The van der Waals surface area contributed by atoms with Gasteiger partial charge in [0.15, 0.2) is 0 Å². The molecule has 4 N–H and O–H groups in total. The molecule has 1 aromatic carbocycles. The number of anilines is 1. The number of hydrogen-bond donors (Lipinski definition) is 3. The third-order valence-electron chi connectivity index (χ3n) is 2.44. The molecule has 0 spiro atoms. The highest BCUT2D eigenvalue weighted by molar-refractivity contribution is 5.77. The Balaban J connectivity index is 2.74. The zero-order chi connectivity index (χ0) is 12.1. The fourth-order valence-electron chi connectivity index (χ4n) is 1.43. The number of nitrogens with one attached hydrogen (secondary N) is 1. The molecule has 0 aliphatic carbocycles. The first kappa shape index (κ1) is 12.5. The maximum atomic E-state index is 11.0. The van der Waals surface area contributed by atoms with Gasteiger partial charge in [0.2, 0.25) is 0 Å². The molecule has 1 aromatic rings. The molecule has 88 valence electrons. The number of hydrogen-bond acceptors (Lipinski definition) is 3. The number of carboxylic acid groups (broad SMARTS) is 1. The van der Waals surface area contributed by atoms with E-state index in [-0.39, 0.29) is 5.92 Å². The van der Waals surface area contributed by atoms with E-state index in [1.165, 1.54) is 0 Å². The van der Waals surface area contributed by atoms with Crippen LogP contribution in [0.4, 0.5) is 5.69 Å². The topological polar surface area (TPSA) is 75.3 Å². The molecule has 16 heavy (non-hydrogen) atoms. The highest BCUT2D eigenvalue weighted by atomic mass is 16.4. The van der Waals surface area contributed by atoms with Crippen LogP contribution in [-0.4, -0.2) is 17.1 Å². The number of carboxylic acids is 1. The lowest BCUT2D eigenvalue weighted by molar-refractivity contribution is -0.138. The van der Waals surface area contributed by atoms with Gasteiger partial charge in [-0.05, 0) is 23.6 Å². The number of nitrogens with two attached hydrogens (primary N) is 1. The average molecular weight is 222 g/mol. The van der Waals surface area contributed by atoms with E-state index in [4.69, 9.17) is 10.8 Å². The number of aliphatic carboxylic acids is 1. The number of benzene rings is 1. The Morgan fingerprint density at radius 2 is 1.94 bits per heavy atom. The van der Waals surface area contributed by atoms with Gasteiger partial charge < -0.3 is 16.2 Å². The maximum Gasteiger partial charge on any atom is 0.326 e. The van der Waals surface area contributed by atoms with Crippen molar-refractivity contribution in [1.29, 1.82) is 0 Å². The molecule has 0 saturated carbocycles. The van der Waals surface area contributed by atoms with E-state index >= 15 is 0 Å². The van der Waals surface area contributed by atoms with Crippen LogP contribution in [0, 0.1) is 5.92 Å². The molecule has 0 aliphatic heterocycles. The second kappa shape index (κ2) is 5.51. The van der Waals surface area contributed by atoms with Gasteiger partial charge in [-0.1, -0.05) is 26.0 Å². The SMILES string of the molecule is CC(C)C(Nc1ccc(CN)cc1)C(=O)O. The van der Waals surface area contributed by atoms with E-state index in [1.54, 1.807) is 0 Å². The Hall–Kier alpha value is -1.55. The van der Waals surface area contributed by atoms with Crippen molar-refractivity contribution >= 4 is 11.7 Å². The number of rotatable bonds is 5. The second-order valence-corrected chi connectivity index (χ2v) is 4.11. The summed E-state index contributed by atoms with van der Waals surface area (Å²) in [5, 5.41) is 12.0. The van der Waals surface area contributed by atoms with E-state index in [1.807, 2.05) is 38.1 Å². The minimum atomic E-state index is -0.835. The first-order valence-electron chi connectivity index (χ1n) is 5.33. The van der Waals surface area contributed by atoms with Gasteiger partial charge in [-0.15, -0.1) is 0 Å². The summed E-state index contributed by atoms with van der Waals surface area (Å²) in [6.07, 6.45) is 0. The molecule has 0 aliphatic rings. The van der Waals surface area contributed by atoms with E-state index < -0.39 is 12.0 Å². The molecule has 1 rings (SSSR count). The van der Waals surface area contributed by atoms with Crippen LogP contribution in [-0.2, 0) is 11.3 Å². The van der Waals surface area contributed by atoms with E-state index in [0.29, 0.717) is 6.54 Å². The normalized spacial score (nSPS) is 12.5. The molecule has 4 heteroatoms. The molecule has 0 amide bonds. The van der Waals surface area contributed by atoms with Crippen LogP contribution in [0.2, 0.25) is 0 Å². The van der Waals surface area contributed by atoms with E-state index in [9.17, 15) is 4.79 Å². The highest BCUT2D eigenvalue weighted by Crippen LogP contribution is 2.14. The lowest BCUT2D eigenvalue weighted by Crippen LogP contribution is -2.34. The van der Waals surface area contributed by atoms with Gasteiger partial charge in [0.05, 0.1) is 0 Å². The largest absolute Gasteiger partial charge is 0.480 e. The van der Waals surface area contributed by atoms with Crippen LogP contribution in [0.3, 0.4) is 0 Å². The lowest BCUT2D eigenvalue weighted by atomic mass is 10.0. The van der Waals surface area contributed by atoms with Crippen LogP contribution in [0.1, 0.15) is 19.4 Å². The summed E-state index contributed by atoms with van der Waals surface area (Å²) in [6.45, 7) is 4.24. The molecule has 1 atom stereocenters. The molecule has 0 radical (unpaired) electrons. The van der Waals surface area contributed by atoms with Gasteiger partial charge in [-0.3, -0.25) is 0 Å². The minimum absolute atomic E-state index is 0.0340. The van der Waals surface area contributed by atoms with Gasteiger partial charge in [-0.25, -0.2) is 4.79 Å². The summed E-state index contributed by atoms with van der Waals surface area (Å²) in [6, 6.07) is 6.91. The van der Waals surface area contributed by atoms with Crippen molar-refractivity contribution in [2.45, 2.75) is 26.4 Å².